The van der Waals surface area contributed by atoms with Gasteiger partial charge in [-0.05, 0) is 44.0 Å². The summed E-state index contributed by atoms with van der Waals surface area (Å²) in [7, 11) is 3.40. The normalized spacial score (nSPS) is 14.1. The SMILES string of the molecule is CCCNC(C)C(C)c1cc(OC)ccc1OC. The van der Waals surface area contributed by atoms with Crippen LogP contribution < -0.4 is 14.8 Å². The van der Waals surface area contributed by atoms with Crippen molar-refractivity contribution < 1.29 is 9.47 Å². The monoisotopic (exact) mass is 251 g/mol. The minimum atomic E-state index is 0.376. The van der Waals surface area contributed by atoms with Gasteiger partial charge in [-0.25, -0.2) is 0 Å². The summed E-state index contributed by atoms with van der Waals surface area (Å²) in [5, 5.41) is 3.52. The second-order valence-electron chi connectivity index (χ2n) is 4.64. The first-order valence-corrected chi connectivity index (χ1v) is 6.59. The fourth-order valence-electron chi connectivity index (χ4n) is 2.01. The Balaban J connectivity index is 2.91. The largest absolute Gasteiger partial charge is 0.497 e. The minimum absolute atomic E-state index is 0.376. The van der Waals surface area contributed by atoms with Crippen molar-refractivity contribution in [2.75, 3.05) is 20.8 Å². The van der Waals surface area contributed by atoms with Crippen molar-refractivity contribution in [3.8, 4) is 11.5 Å². The first-order chi connectivity index (χ1) is 8.63. The van der Waals surface area contributed by atoms with Gasteiger partial charge in [0.1, 0.15) is 11.5 Å². The summed E-state index contributed by atoms with van der Waals surface area (Å²) in [5.74, 6) is 2.18. The van der Waals surface area contributed by atoms with Gasteiger partial charge in [0.15, 0.2) is 0 Å². The zero-order valence-electron chi connectivity index (χ0n) is 12.1. The number of hydrogen-bond acceptors (Lipinski definition) is 3. The van der Waals surface area contributed by atoms with Gasteiger partial charge in [0.05, 0.1) is 14.2 Å². The molecule has 1 aromatic rings. The van der Waals surface area contributed by atoms with Crippen LogP contribution in [-0.2, 0) is 0 Å². The maximum absolute atomic E-state index is 5.44. The molecule has 0 aromatic heterocycles. The van der Waals surface area contributed by atoms with Gasteiger partial charge in [-0.3, -0.25) is 0 Å². The highest BCUT2D eigenvalue weighted by atomic mass is 16.5. The fourth-order valence-corrected chi connectivity index (χ4v) is 2.01. The van der Waals surface area contributed by atoms with Gasteiger partial charge in [0.25, 0.3) is 0 Å². The smallest absolute Gasteiger partial charge is 0.122 e. The zero-order valence-corrected chi connectivity index (χ0v) is 12.1. The van der Waals surface area contributed by atoms with E-state index in [9.17, 15) is 0 Å². The van der Waals surface area contributed by atoms with Crippen molar-refractivity contribution in [3.63, 3.8) is 0 Å². The molecule has 102 valence electrons. The van der Waals surface area contributed by atoms with E-state index in [0.29, 0.717) is 12.0 Å². The Morgan fingerprint density at radius 3 is 2.44 bits per heavy atom. The quantitative estimate of drug-likeness (QED) is 0.807. The maximum atomic E-state index is 5.44. The van der Waals surface area contributed by atoms with Gasteiger partial charge in [-0.15, -0.1) is 0 Å². The number of rotatable bonds is 7. The van der Waals surface area contributed by atoms with E-state index in [1.165, 1.54) is 5.56 Å². The average molecular weight is 251 g/mol. The molecule has 0 amide bonds. The van der Waals surface area contributed by atoms with Crippen LogP contribution >= 0.6 is 0 Å². The Bertz CT molecular complexity index is 366. The van der Waals surface area contributed by atoms with Crippen LogP contribution in [0.4, 0.5) is 0 Å². The molecule has 3 heteroatoms. The summed E-state index contributed by atoms with van der Waals surface area (Å²) in [5.41, 5.74) is 1.19. The lowest BCUT2D eigenvalue weighted by Gasteiger charge is -2.23. The zero-order chi connectivity index (χ0) is 13.5. The molecule has 0 bridgehead atoms. The summed E-state index contributed by atoms with van der Waals surface area (Å²) in [6, 6.07) is 6.37. The summed E-state index contributed by atoms with van der Waals surface area (Å²) in [6.45, 7) is 7.64. The van der Waals surface area contributed by atoms with Gasteiger partial charge in [0, 0.05) is 11.6 Å². The van der Waals surface area contributed by atoms with E-state index in [-0.39, 0.29) is 0 Å². The Hall–Kier alpha value is -1.22. The molecule has 0 radical (unpaired) electrons. The predicted octanol–water partition coefficient (Wildman–Crippen LogP) is 3.20. The third-order valence-electron chi connectivity index (χ3n) is 3.39. The van der Waals surface area contributed by atoms with E-state index in [1.807, 2.05) is 12.1 Å². The van der Waals surface area contributed by atoms with Crippen molar-refractivity contribution in [2.24, 2.45) is 0 Å². The number of benzene rings is 1. The molecule has 0 aliphatic heterocycles. The Labute approximate surface area is 110 Å². The summed E-state index contributed by atoms with van der Waals surface area (Å²) < 4.78 is 10.7. The van der Waals surface area contributed by atoms with E-state index >= 15 is 0 Å². The molecule has 1 aromatic carbocycles. The summed E-state index contributed by atoms with van der Waals surface area (Å²) in [6.07, 6.45) is 1.15. The van der Waals surface area contributed by atoms with Gasteiger partial charge < -0.3 is 14.8 Å². The maximum Gasteiger partial charge on any atom is 0.122 e. The first-order valence-electron chi connectivity index (χ1n) is 6.59. The lowest BCUT2D eigenvalue weighted by Crippen LogP contribution is -2.31. The number of methoxy groups -OCH3 is 2. The van der Waals surface area contributed by atoms with Crippen molar-refractivity contribution in [1.29, 1.82) is 0 Å². The highest BCUT2D eigenvalue weighted by Gasteiger charge is 2.18. The third-order valence-corrected chi connectivity index (χ3v) is 3.39. The van der Waals surface area contributed by atoms with Crippen LogP contribution in [0.5, 0.6) is 11.5 Å². The molecule has 0 aliphatic rings. The average Bonchev–Trinajstić information content (AvgIpc) is 2.43. The Morgan fingerprint density at radius 1 is 1.17 bits per heavy atom. The standard InChI is InChI=1S/C15H25NO2/c1-6-9-16-12(3)11(2)14-10-13(17-4)7-8-15(14)18-5/h7-8,10-12,16H,6,9H2,1-5H3. The summed E-state index contributed by atoms with van der Waals surface area (Å²) in [4.78, 5) is 0. The van der Waals surface area contributed by atoms with Crippen LogP contribution in [0.3, 0.4) is 0 Å². The molecule has 1 rings (SSSR count). The molecule has 0 fully saturated rings. The fraction of sp³-hybridized carbons (Fsp3) is 0.600. The van der Waals surface area contributed by atoms with E-state index in [4.69, 9.17) is 9.47 Å². The van der Waals surface area contributed by atoms with Crippen LogP contribution in [0.15, 0.2) is 18.2 Å². The number of nitrogens with one attached hydrogen (secondary N) is 1. The van der Waals surface area contributed by atoms with Crippen LogP contribution in [0.25, 0.3) is 0 Å². The molecule has 3 nitrogen and oxygen atoms in total. The van der Waals surface area contributed by atoms with Crippen molar-refractivity contribution in [3.05, 3.63) is 23.8 Å². The summed E-state index contributed by atoms with van der Waals surface area (Å²) >= 11 is 0. The van der Waals surface area contributed by atoms with E-state index < -0.39 is 0 Å². The first kappa shape index (κ1) is 14.8. The molecule has 2 unspecified atom stereocenters. The van der Waals surface area contributed by atoms with Crippen LogP contribution in [0.1, 0.15) is 38.7 Å². The van der Waals surface area contributed by atoms with Crippen molar-refractivity contribution in [2.45, 2.75) is 39.2 Å². The van der Waals surface area contributed by atoms with E-state index in [2.05, 4.69) is 32.2 Å². The second-order valence-corrected chi connectivity index (χ2v) is 4.64. The van der Waals surface area contributed by atoms with Gasteiger partial charge in [-0.2, -0.15) is 0 Å². The van der Waals surface area contributed by atoms with E-state index in [1.54, 1.807) is 14.2 Å². The molecule has 0 heterocycles. The van der Waals surface area contributed by atoms with Gasteiger partial charge in [0.2, 0.25) is 0 Å². The Kier molecular flexibility index (Phi) is 5.99. The lowest BCUT2D eigenvalue weighted by molar-refractivity contribution is 0.388. The van der Waals surface area contributed by atoms with E-state index in [0.717, 1.165) is 24.5 Å². The number of hydrogen-bond donors (Lipinski definition) is 1. The molecule has 2 atom stereocenters. The van der Waals surface area contributed by atoms with Crippen molar-refractivity contribution in [1.82, 2.24) is 5.32 Å². The molecular formula is C15H25NO2. The molecule has 18 heavy (non-hydrogen) atoms. The molecule has 0 spiro atoms. The highest BCUT2D eigenvalue weighted by molar-refractivity contribution is 5.42. The highest BCUT2D eigenvalue weighted by Crippen LogP contribution is 2.32. The molecule has 0 saturated heterocycles. The molecule has 1 N–H and O–H groups in total. The second kappa shape index (κ2) is 7.27. The number of ether oxygens (including phenoxy) is 2. The minimum Gasteiger partial charge on any atom is -0.497 e. The molecule has 0 saturated carbocycles. The predicted molar refractivity (Wildman–Crippen MR) is 75.7 cm³/mol. The molecule has 0 aliphatic carbocycles. The van der Waals surface area contributed by atoms with Crippen LogP contribution in [0, 0.1) is 0 Å². The van der Waals surface area contributed by atoms with Gasteiger partial charge in [-0.1, -0.05) is 13.8 Å². The Morgan fingerprint density at radius 2 is 1.89 bits per heavy atom. The van der Waals surface area contributed by atoms with Crippen LogP contribution in [0.2, 0.25) is 0 Å². The van der Waals surface area contributed by atoms with Crippen LogP contribution in [-0.4, -0.2) is 26.8 Å². The topological polar surface area (TPSA) is 30.5 Å². The molecular weight excluding hydrogens is 226 g/mol. The van der Waals surface area contributed by atoms with Crippen molar-refractivity contribution >= 4 is 0 Å². The lowest BCUT2D eigenvalue weighted by atomic mass is 9.93. The van der Waals surface area contributed by atoms with Gasteiger partial charge >= 0.3 is 0 Å². The third kappa shape index (κ3) is 3.64.